The number of furan rings is 1. The molecule has 0 bridgehead atoms. The van der Waals surface area contributed by atoms with E-state index in [2.05, 4.69) is 4.74 Å². The molecule has 1 aromatic carbocycles. The second-order valence-electron chi connectivity index (χ2n) is 4.46. The normalized spacial score (nSPS) is 10.8. The molecule has 0 saturated heterocycles. The van der Waals surface area contributed by atoms with Gasteiger partial charge in [-0.05, 0) is 18.9 Å². The monoisotopic (exact) mass is 279 g/mol. The van der Waals surface area contributed by atoms with E-state index >= 15 is 0 Å². The molecule has 2 rings (SSSR count). The molecule has 0 aliphatic heterocycles. The number of halogens is 1. The molecular weight excluding hydrogens is 264 g/mol. The Kier molecular flexibility index (Phi) is 5.28. The molecule has 4 heteroatoms. The first kappa shape index (κ1) is 13.9. The van der Waals surface area contributed by atoms with Crippen LogP contribution in [-0.4, -0.2) is 13.1 Å². The number of rotatable bonds is 8. The van der Waals surface area contributed by atoms with Crippen molar-refractivity contribution in [2.75, 3.05) is 6.61 Å². The lowest BCUT2D eigenvalue weighted by atomic mass is 10.1. The third-order valence-corrected chi connectivity index (χ3v) is 3.43. The number of aryl methyl sites for hydroxylation is 1. The third kappa shape index (κ3) is 3.74. The van der Waals surface area contributed by atoms with Gasteiger partial charge in [0.1, 0.15) is 5.76 Å². The zero-order valence-corrected chi connectivity index (χ0v) is 11.4. The van der Waals surface area contributed by atoms with Gasteiger partial charge in [-0.3, -0.25) is 0 Å². The molecule has 0 unspecified atom stereocenters. The van der Waals surface area contributed by atoms with Gasteiger partial charge in [0, 0.05) is 17.2 Å². The molecule has 0 aliphatic carbocycles. The molecule has 0 N–H and O–H groups in total. The molecule has 0 fully saturated rings. The second kappa shape index (κ2) is 7.19. The summed E-state index contributed by atoms with van der Waals surface area (Å²) in [6, 6.07) is 5.81. The van der Waals surface area contributed by atoms with E-state index in [0.29, 0.717) is 6.61 Å². The number of hydrogen-bond donors (Lipinski definition) is 0. The van der Waals surface area contributed by atoms with Crippen molar-refractivity contribution in [1.29, 1.82) is 0 Å². The van der Waals surface area contributed by atoms with Crippen LogP contribution in [-0.2, 0) is 16.0 Å². The van der Waals surface area contributed by atoms with E-state index in [1.165, 1.54) is 6.47 Å². The summed E-state index contributed by atoms with van der Waals surface area (Å²) < 4.78 is 10.1. The maximum Gasteiger partial charge on any atom is 0.417 e. The molecule has 0 aliphatic rings. The molecule has 1 radical (unpaired) electrons. The zero-order valence-electron chi connectivity index (χ0n) is 10.7. The van der Waals surface area contributed by atoms with E-state index in [-0.39, 0.29) is 0 Å². The summed E-state index contributed by atoms with van der Waals surface area (Å²) in [5.41, 5.74) is 0. The molecule has 0 amide bonds. The van der Waals surface area contributed by atoms with E-state index in [1.807, 2.05) is 18.2 Å². The van der Waals surface area contributed by atoms with Gasteiger partial charge in [0.15, 0.2) is 0 Å². The van der Waals surface area contributed by atoms with Crippen LogP contribution in [0.25, 0.3) is 10.8 Å². The summed E-state index contributed by atoms with van der Waals surface area (Å²) in [4.78, 5) is 9.83. The molecule has 0 saturated carbocycles. The minimum absolute atomic E-state index is 0.457. The van der Waals surface area contributed by atoms with Gasteiger partial charge in [0.05, 0.1) is 17.9 Å². The lowest BCUT2D eigenvalue weighted by molar-refractivity contribution is 0.268. The van der Waals surface area contributed by atoms with Crippen molar-refractivity contribution in [3.63, 3.8) is 0 Å². The first-order chi connectivity index (χ1) is 9.33. The number of hydrogen-bond acceptors (Lipinski definition) is 3. The predicted molar refractivity (Wildman–Crippen MR) is 75.0 cm³/mol. The molecule has 0 spiro atoms. The number of fused-ring (bicyclic) bond motifs is 1. The Labute approximate surface area is 117 Å². The van der Waals surface area contributed by atoms with Crippen LogP contribution in [0.2, 0.25) is 5.02 Å². The molecular formula is C15H16ClO3. The van der Waals surface area contributed by atoms with Crippen LogP contribution < -0.4 is 0 Å². The summed E-state index contributed by atoms with van der Waals surface area (Å²) in [7, 11) is 0. The number of unbranched alkanes of at least 4 members (excludes halogenated alkanes) is 3. The topological polar surface area (TPSA) is 39.4 Å². The summed E-state index contributed by atoms with van der Waals surface area (Å²) in [5, 5.41) is 2.83. The third-order valence-electron chi connectivity index (χ3n) is 3.11. The van der Waals surface area contributed by atoms with E-state index in [4.69, 9.17) is 16.0 Å². The van der Waals surface area contributed by atoms with Crippen molar-refractivity contribution in [3.8, 4) is 0 Å². The van der Waals surface area contributed by atoms with Crippen molar-refractivity contribution >= 4 is 28.8 Å². The first-order valence-electron chi connectivity index (χ1n) is 6.46. The average molecular weight is 280 g/mol. The van der Waals surface area contributed by atoms with Gasteiger partial charge in [0.2, 0.25) is 0 Å². The fourth-order valence-corrected chi connectivity index (χ4v) is 2.45. The number of ether oxygens (including phenoxy) is 1. The predicted octanol–water partition coefficient (Wildman–Crippen LogP) is 4.27. The van der Waals surface area contributed by atoms with Crippen LogP contribution in [0, 0.1) is 0 Å². The summed E-state index contributed by atoms with van der Waals surface area (Å²) in [6.45, 7) is 1.89. The first-order valence-corrected chi connectivity index (χ1v) is 6.84. The summed E-state index contributed by atoms with van der Waals surface area (Å²) >= 11 is 6.19. The van der Waals surface area contributed by atoms with Crippen LogP contribution >= 0.6 is 11.6 Å². The van der Waals surface area contributed by atoms with Gasteiger partial charge in [0.25, 0.3) is 0 Å². The van der Waals surface area contributed by atoms with Gasteiger partial charge in [-0.25, -0.2) is 4.79 Å². The SMILES string of the molecule is O=[C]OCCCCCCc1occ2cccc(Cl)c12. The number of carbonyl (C=O) groups excluding carboxylic acids is 1. The van der Waals surface area contributed by atoms with E-state index < -0.39 is 0 Å². The van der Waals surface area contributed by atoms with Crippen molar-refractivity contribution in [3.05, 3.63) is 35.2 Å². The maximum atomic E-state index is 9.83. The summed E-state index contributed by atoms with van der Waals surface area (Å²) in [6.07, 6.45) is 6.68. The minimum Gasteiger partial charge on any atom is -0.468 e. The molecule has 1 aromatic heterocycles. The van der Waals surface area contributed by atoms with E-state index in [0.717, 1.165) is 53.7 Å². The highest BCUT2D eigenvalue weighted by molar-refractivity contribution is 6.35. The Hall–Kier alpha value is -1.48. The molecule has 3 nitrogen and oxygen atoms in total. The van der Waals surface area contributed by atoms with Gasteiger partial charge >= 0.3 is 6.47 Å². The van der Waals surface area contributed by atoms with Crippen LogP contribution in [0.3, 0.4) is 0 Å². The second-order valence-corrected chi connectivity index (χ2v) is 4.87. The quantitative estimate of drug-likeness (QED) is 0.677. The highest BCUT2D eigenvalue weighted by atomic mass is 35.5. The number of benzene rings is 1. The molecule has 1 heterocycles. The van der Waals surface area contributed by atoms with E-state index in [9.17, 15) is 4.79 Å². The molecule has 0 atom stereocenters. The Bertz CT molecular complexity index is 533. The zero-order chi connectivity index (χ0) is 13.5. The van der Waals surface area contributed by atoms with Crippen LogP contribution in [0.4, 0.5) is 0 Å². The van der Waals surface area contributed by atoms with Crippen molar-refractivity contribution in [2.24, 2.45) is 0 Å². The highest BCUT2D eigenvalue weighted by Gasteiger charge is 2.08. The van der Waals surface area contributed by atoms with Crippen LogP contribution in [0.15, 0.2) is 28.9 Å². The van der Waals surface area contributed by atoms with Gasteiger partial charge in [-0.2, -0.15) is 0 Å². The maximum absolute atomic E-state index is 9.83. The highest BCUT2D eigenvalue weighted by Crippen LogP contribution is 2.29. The van der Waals surface area contributed by atoms with Crippen molar-refractivity contribution in [1.82, 2.24) is 0 Å². The lowest BCUT2D eigenvalue weighted by Crippen LogP contribution is -1.92. The Morgan fingerprint density at radius 2 is 2.05 bits per heavy atom. The van der Waals surface area contributed by atoms with Crippen molar-refractivity contribution in [2.45, 2.75) is 32.1 Å². The Morgan fingerprint density at radius 1 is 1.21 bits per heavy atom. The fraction of sp³-hybridized carbons (Fsp3) is 0.400. The fourth-order valence-electron chi connectivity index (χ4n) is 2.17. The Balaban J connectivity index is 1.80. The van der Waals surface area contributed by atoms with Crippen molar-refractivity contribution < 1.29 is 13.9 Å². The standard InChI is InChI=1S/C15H16ClO3/c16-13-7-5-6-12-10-19-14(15(12)13)8-3-1-2-4-9-18-11-17/h5-7,10H,1-4,8-9H2. The summed E-state index contributed by atoms with van der Waals surface area (Å²) in [5.74, 6) is 0.957. The van der Waals surface area contributed by atoms with Gasteiger partial charge < -0.3 is 9.15 Å². The molecule has 2 aromatic rings. The largest absolute Gasteiger partial charge is 0.468 e. The van der Waals surface area contributed by atoms with Crippen LogP contribution in [0.1, 0.15) is 31.4 Å². The molecule has 19 heavy (non-hydrogen) atoms. The van der Waals surface area contributed by atoms with E-state index in [1.54, 1.807) is 6.26 Å². The average Bonchev–Trinajstić information content (AvgIpc) is 2.82. The lowest BCUT2D eigenvalue weighted by Gasteiger charge is -2.01. The molecule has 101 valence electrons. The van der Waals surface area contributed by atoms with Gasteiger partial charge in [-0.15, -0.1) is 0 Å². The minimum atomic E-state index is 0.457. The van der Waals surface area contributed by atoms with Gasteiger partial charge in [-0.1, -0.05) is 36.6 Å². The Morgan fingerprint density at radius 3 is 2.89 bits per heavy atom. The van der Waals surface area contributed by atoms with Crippen LogP contribution in [0.5, 0.6) is 0 Å². The smallest absolute Gasteiger partial charge is 0.417 e.